The van der Waals surface area contributed by atoms with Crippen molar-refractivity contribution in [2.45, 2.75) is 90.5 Å². The van der Waals surface area contributed by atoms with Crippen molar-refractivity contribution in [1.82, 2.24) is 0 Å². The molecule has 2 N–H and O–H groups in total. The zero-order valence-electron chi connectivity index (χ0n) is 12.8. The summed E-state index contributed by atoms with van der Waals surface area (Å²) < 4.78 is 0. The molecule has 2 unspecified atom stereocenters. The maximum atomic E-state index is 6.40. The fourth-order valence-corrected chi connectivity index (χ4v) is 5.01. The summed E-state index contributed by atoms with van der Waals surface area (Å²) in [6, 6.07) is 0. The molecule has 2 aliphatic rings. The van der Waals surface area contributed by atoms with Crippen LogP contribution in [0.1, 0.15) is 85.0 Å². The average molecular weight is 251 g/mol. The van der Waals surface area contributed by atoms with Gasteiger partial charge in [0.05, 0.1) is 0 Å². The van der Waals surface area contributed by atoms with Crippen LogP contribution in [0.3, 0.4) is 0 Å². The van der Waals surface area contributed by atoms with Gasteiger partial charge in [0.2, 0.25) is 0 Å². The molecule has 2 atom stereocenters. The van der Waals surface area contributed by atoms with E-state index >= 15 is 0 Å². The van der Waals surface area contributed by atoms with E-state index in [1.165, 1.54) is 64.2 Å². The summed E-state index contributed by atoms with van der Waals surface area (Å²) in [7, 11) is 0. The van der Waals surface area contributed by atoms with Crippen molar-refractivity contribution in [1.29, 1.82) is 0 Å². The van der Waals surface area contributed by atoms with Gasteiger partial charge in [-0.15, -0.1) is 0 Å². The van der Waals surface area contributed by atoms with Gasteiger partial charge in [0.15, 0.2) is 0 Å². The predicted octanol–water partition coefficient (Wildman–Crippen LogP) is 4.89. The number of hydrogen-bond acceptors (Lipinski definition) is 1. The van der Waals surface area contributed by atoms with Crippen LogP contribution >= 0.6 is 0 Å². The van der Waals surface area contributed by atoms with Gasteiger partial charge >= 0.3 is 0 Å². The van der Waals surface area contributed by atoms with E-state index in [1.807, 2.05) is 0 Å². The van der Waals surface area contributed by atoms with Gasteiger partial charge in [-0.3, -0.25) is 0 Å². The van der Waals surface area contributed by atoms with Crippen LogP contribution in [0.15, 0.2) is 0 Å². The molecular weight excluding hydrogens is 218 g/mol. The van der Waals surface area contributed by atoms with Crippen molar-refractivity contribution in [2.75, 3.05) is 0 Å². The van der Waals surface area contributed by atoms with Crippen LogP contribution < -0.4 is 5.73 Å². The Morgan fingerprint density at radius 2 is 1.56 bits per heavy atom. The first-order valence-electron chi connectivity index (χ1n) is 8.21. The minimum Gasteiger partial charge on any atom is -0.325 e. The van der Waals surface area contributed by atoms with Gasteiger partial charge in [-0.1, -0.05) is 39.5 Å². The highest BCUT2D eigenvalue weighted by atomic mass is 14.7. The van der Waals surface area contributed by atoms with Gasteiger partial charge in [0.1, 0.15) is 0 Å². The fourth-order valence-electron chi connectivity index (χ4n) is 5.01. The normalized spacial score (nSPS) is 44.0. The monoisotopic (exact) mass is 251 g/mol. The van der Waals surface area contributed by atoms with Crippen molar-refractivity contribution in [3.8, 4) is 0 Å². The summed E-state index contributed by atoms with van der Waals surface area (Å²) in [4.78, 5) is 0. The van der Waals surface area contributed by atoms with Crippen molar-refractivity contribution in [2.24, 2.45) is 23.0 Å². The molecule has 0 amide bonds. The number of rotatable bonds is 5. The molecule has 0 aromatic rings. The first-order chi connectivity index (χ1) is 8.42. The Labute approximate surface area is 114 Å². The molecule has 0 aliphatic heterocycles. The molecule has 2 aliphatic carbocycles. The third-order valence-electron chi connectivity index (χ3n) is 5.37. The first kappa shape index (κ1) is 14.4. The highest BCUT2D eigenvalue weighted by Crippen LogP contribution is 2.52. The van der Waals surface area contributed by atoms with Crippen LogP contribution in [0, 0.1) is 17.3 Å². The summed E-state index contributed by atoms with van der Waals surface area (Å²) in [5.41, 5.74) is 7.17. The van der Waals surface area contributed by atoms with Crippen molar-refractivity contribution in [3.05, 3.63) is 0 Å². The first-order valence-corrected chi connectivity index (χ1v) is 8.21. The third-order valence-corrected chi connectivity index (χ3v) is 5.37. The third kappa shape index (κ3) is 3.73. The Hall–Kier alpha value is -0.0400. The summed E-state index contributed by atoms with van der Waals surface area (Å²) in [6.07, 6.45) is 14.0. The lowest BCUT2D eigenvalue weighted by atomic mass is 9.57. The van der Waals surface area contributed by atoms with E-state index in [-0.39, 0.29) is 5.54 Å². The van der Waals surface area contributed by atoms with E-state index in [1.54, 1.807) is 0 Å². The summed E-state index contributed by atoms with van der Waals surface area (Å²) in [6.45, 7) is 7.13. The van der Waals surface area contributed by atoms with Gasteiger partial charge in [-0.05, 0) is 62.7 Å². The van der Waals surface area contributed by atoms with Crippen LogP contribution in [0.2, 0.25) is 0 Å². The molecule has 0 spiro atoms. The smallest absolute Gasteiger partial charge is 0.0131 e. The largest absolute Gasteiger partial charge is 0.325 e. The lowest BCUT2D eigenvalue weighted by Crippen LogP contribution is -2.48. The Balaban J connectivity index is 1.85. The Morgan fingerprint density at radius 1 is 0.944 bits per heavy atom. The Kier molecular flexibility index (Phi) is 4.41. The van der Waals surface area contributed by atoms with Gasteiger partial charge in [-0.25, -0.2) is 0 Å². The van der Waals surface area contributed by atoms with E-state index in [2.05, 4.69) is 20.8 Å². The molecule has 0 aromatic carbocycles. The molecule has 1 heteroatoms. The molecule has 18 heavy (non-hydrogen) atoms. The molecule has 0 radical (unpaired) electrons. The van der Waals surface area contributed by atoms with Crippen LogP contribution in [-0.2, 0) is 0 Å². The minimum absolute atomic E-state index is 0.136. The standard InChI is InChI=1S/C17H33N/c1-4-5-6-7-8-16(2)10-14-9-15(11-16)13-17(3,18)12-14/h14-15H,4-13,18H2,1-3H3. The summed E-state index contributed by atoms with van der Waals surface area (Å²) in [5.74, 6) is 1.84. The molecule has 0 saturated heterocycles. The SMILES string of the molecule is CCCCCCC1(C)CC2CC(CC(C)(N)C2)C1. The highest BCUT2D eigenvalue weighted by Gasteiger charge is 2.43. The second-order valence-electron chi connectivity index (χ2n) is 8.06. The van der Waals surface area contributed by atoms with Crippen LogP contribution in [-0.4, -0.2) is 5.54 Å². The molecule has 0 heterocycles. The van der Waals surface area contributed by atoms with Crippen molar-refractivity contribution >= 4 is 0 Å². The fraction of sp³-hybridized carbons (Fsp3) is 1.00. The summed E-state index contributed by atoms with van der Waals surface area (Å²) >= 11 is 0. The van der Waals surface area contributed by atoms with Gasteiger partial charge < -0.3 is 5.73 Å². The summed E-state index contributed by atoms with van der Waals surface area (Å²) in [5, 5.41) is 0. The van der Waals surface area contributed by atoms with Crippen molar-refractivity contribution < 1.29 is 0 Å². The molecule has 0 aromatic heterocycles. The van der Waals surface area contributed by atoms with E-state index in [4.69, 9.17) is 5.73 Å². The van der Waals surface area contributed by atoms with E-state index < -0.39 is 0 Å². The molecule has 1 nitrogen and oxygen atoms in total. The van der Waals surface area contributed by atoms with Crippen LogP contribution in [0.4, 0.5) is 0 Å². The zero-order chi connectivity index (χ0) is 13.2. The lowest BCUT2D eigenvalue weighted by molar-refractivity contribution is 0.0295. The average Bonchev–Trinajstić information content (AvgIpc) is 2.20. The molecular formula is C17H33N. The van der Waals surface area contributed by atoms with Gasteiger partial charge in [0.25, 0.3) is 0 Å². The van der Waals surface area contributed by atoms with Crippen LogP contribution in [0.25, 0.3) is 0 Å². The van der Waals surface area contributed by atoms with Gasteiger partial charge in [-0.2, -0.15) is 0 Å². The van der Waals surface area contributed by atoms with E-state index in [0.29, 0.717) is 5.41 Å². The molecule has 106 valence electrons. The molecule has 2 saturated carbocycles. The highest BCUT2D eigenvalue weighted by molar-refractivity contribution is 4.98. The second-order valence-corrected chi connectivity index (χ2v) is 8.06. The Morgan fingerprint density at radius 3 is 2.11 bits per heavy atom. The topological polar surface area (TPSA) is 26.0 Å². The van der Waals surface area contributed by atoms with Crippen molar-refractivity contribution in [3.63, 3.8) is 0 Å². The second kappa shape index (κ2) is 5.53. The van der Waals surface area contributed by atoms with E-state index in [0.717, 1.165) is 11.8 Å². The number of fused-ring (bicyclic) bond motifs is 2. The lowest BCUT2D eigenvalue weighted by Gasteiger charge is -2.50. The zero-order valence-corrected chi connectivity index (χ0v) is 12.8. The number of nitrogens with two attached hydrogens (primary N) is 1. The van der Waals surface area contributed by atoms with Crippen LogP contribution in [0.5, 0.6) is 0 Å². The number of hydrogen-bond donors (Lipinski definition) is 1. The maximum Gasteiger partial charge on any atom is 0.0131 e. The maximum absolute atomic E-state index is 6.40. The molecule has 2 bridgehead atoms. The van der Waals surface area contributed by atoms with Gasteiger partial charge in [0, 0.05) is 5.54 Å². The predicted molar refractivity (Wildman–Crippen MR) is 79.5 cm³/mol. The minimum atomic E-state index is 0.136. The van der Waals surface area contributed by atoms with E-state index in [9.17, 15) is 0 Å². The quantitative estimate of drug-likeness (QED) is 0.692. The molecule has 2 fully saturated rings. The Bertz CT molecular complexity index is 253. The molecule has 2 rings (SSSR count). The number of unbranched alkanes of at least 4 members (excludes halogenated alkanes) is 3.